The molecule has 16 heavy (non-hydrogen) atoms. The Kier molecular flexibility index (Phi) is 3.93. The molecule has 0 radical (unpaired) electrons. The molecule has 1 aromatic rings. The number of hydrogen-bond donors (Lipinski definition) is 1. The van der Waals surface area contributed by atoms with Gasteiger partial charge >= 0.3 is 0 Å². The zero-order chi connectivity index (χ0) is 11.4. The second-order valence-corrected chi connectivity index (χ2v) is 4.84. The molecule has 1 saturated carbocycles. The fourth-order valence-corrected chi connectivity index (χ4v) is 2.91. The van der Waals surface area contributed by atoms with Gasteiger partial charge < -0.3 is 5.32 Å². The summed E-state index contributed by atoms with van der Waals surface area (Å²) in [4.78, 5) is 0. The Morgan fingerprint density at radius 1 is 1.38 bits per heavy atom. The SMILES string of the molecule is CNCC1CCCCCC1c1cnnn1C. The zero-order valence-corrected chi connectivity index (χ0v) is 10.3. The highest BCUT2D eigenvalue weighted by Gasteiger charge is 2.26. The maximum Gasteiger partial charge on any atom is 0.0728 e. The van der Waals surface area contributed by atoms with Crippen molar-refractivity contribution in [3.8, 4) is 0 Å². The van der Waals surface area contributed by atoms with Crippen molar-refractivity contribution in [1.82, 2.24) is 20.3 Å². The largest absolute Gasteiger partial charge is 0.319 e. The van der Waals surface area contributed by atoms with Crippen molar-refractivity contribution in [2.75, 3.05) is 13.6 Å². The third-order valence-corrected chi connectivity index (χ3v) is 3.75. The molecule has 90 valence electrons. The first kappa shape index (κ1) is 11.6. The van der Waals surface area contributed by atoms with Crippen LogP contribution >= 0.6 is 0 Å². The second-order valence-electron chi connectivity index (χ2n) is 4.84. The van der Waals surface area contributed by atoms with Crippen LogP contribution in [0.15, 0.2) is 6.20 Å². The zero-order valence-electron chi connectivity index (χ0n) is 10.3. The van der Waals surface area contributed by atoms with Crippen molar-refractivity contribution >= 4 is 0 Å². The van der Waals surface area contributed by atoms with Gasteiger partial charge in [-0.05, 0) is 32.4 Å². The molecule has 2 rings (SSSR count). The molecular formula is C12H22N4. The van der Waals surface area contributed by atoms with Crippen molar-refractivity contribution in [3.05, 3.63) is 11.9 Å². The van der Waals surface area contributed by atoms with E-state index in [1.165, 1.54) is 37.8 Å². The second kappa shape index (κ2) is 5.43. The Morgan fingerprint density at radius 3 is 2.88 bits per heavy atom. The van der Waals surface area contributed by atoms with Gasteiger partial charge in [0.1, 0.15) is 0 Å². The van der Waals surface area contributed by atoms with Crippen molar-refractivity contribution in [1.29, 1.82) is 0 Å². The molecule has 1 aromatic heterocycles. The molecule has 1 aliphatic rings. The Morgan fingerprint density at radius 2 is 2.19 bits per heavy atom. The summed E-state index contributed by atoms with van der Waals surface area (Å²) >= 11 is 0. The molecule has 4 nitrogen and oxygen atoms in total. The normalized spacial score (nSPS) is 26.6. The lowest BCUT2D eigenvalue weighted by Gasteiger charge is -2.24. The van der Waals surface area contributed by atoms with Gasteiger partial charge in [0.05, 0.1) is 11.9 Å². The average Bonchev–Trinajstić information content (AvgIpc) is 2.56. The minimum Gasteiger partial charge on any atom is -0.319 e. The van der Waals surface area contributed by atoms with Crippen molar-refractivity contribution in [3.63, 3.8) is 0 Å². The van der Waals surface area contributed by atoms with E-state index in [9.17, 15) is 0 Å². The highest BCUT2D eigenvalue weighted by Crippen LogP contribution is 2.35. The van der Waals surface area contributed by atoms with Gasteiger partial charge in [0.2, 0.25) is 0 Å². The predicted octanol–water partition coefficient (Wildman–Crippen LogP) is 1.70. The molecule has 4 heteroatoms. The smallest absolute Gasteiger partial charge is 0.0728 e. The predicted molar refractivity (Wildman–Crippen MR) is 64.2 cm³/mol. The van der Waals surface area contributed by atoms with Gasteiger partial charge in [0, 0.05) is 13.0 Å². The van der Waals surface area contributed by atoms with E-state index in [4.69, 9.17) is 0 Å². The quantitative estimate of drug-likeness (QED) is 0.792. The van der Waals surface area contributed by atoms with E-state index >= 15 is 0 Å². The molecule has 1 heterocycles. The summed E-state index contributed by atoms with van der Waals surface area (Å²) in [5.74, 6) is 1.37. The third-order valence-electron chi connectivity index (χ3n) is 3.75. The van der Waals surface area contributed by atoms with Gasteiger partial charge in [0.25, 0.3) is 0 Å². The van der Waals surface area contributed by atoms with E-state index in [-0.39, 0.29) is 0 Å². The molecular weight excluding hydrogens is 200 g/mol. The first-order valence-corrected chi connectivity index (χ1v) is 6.32. The molecule has 1 aliphatic carbocycles. The highest BCUT2D eigenvalue weighted by atomic mass is 15.4. The lowest BCUT2D eigenvalue weighted by atomic mass is 9.85. The van der Waals surface area contributed by atoms with Crippen molar-refractivity contribution in [2.24, 2.45) is 13.0 Å². The molecule has 0 bridgehead atoms. The molecule has 1 N–H and O–H groups in total. The number of nitrogens with zero attached hydrogens (tertiary/aromatic N) is 3. The Balaban J connectivity index is 2.17. The van der Waals surface area contributed by atoms with Crippen LogP contribution < -0.4 is 5.32 Å². The molecule has 0 saturated heterocycles. The van der Waals surface area contributed by atoms with E-state index in [2.05, 4.69) is 15.6 Å². The summed E-state index contributed by atoms with van der Waals surface area (Å²) < 4.78 is 1.94. The molecule has 0 amide bonds. The average molecular weight is 222 g/mol. The van der Waals surface area contributed by atoms with Gasteiger partial charge in [-0.3, -0.25) is 4.68 Å². The summed E-state index contributed by atoms with van der Waals surface area (Å²) in [6.07, 6.45) is 8.65. The lowest BCUT2D eigenvalue weighted by molar-refractivity contribution is 0.370. The highest BCUT2D eigenvalue weighted by molar-refractivity contribution is 5.06. The van der Waals surface area contributed by atoms with Gasteiger partial charge in [0.15, 0.2) is 0 Å². The minimum absolute atomic E-state index is 0.634. The van der Waals surface area contributed by atoms with Crippen LogP contribution in [0.5, 0.6) is 0 Å². The van der Waals surface area contributed by atoms with Crippen LogP contribution in [-0.2, 0) is 7.05 Å². The standard InChI is InChI=1S/C12H22N4/c1-13-8-10-6-4-3-5-7-11(10)12-9-14-15-16(12)2/h9-11,13H,3-8H2,1-2H3. The first-order valence-electron chi connectivity index (χ1n) is 6.32. The number of hydrogen-bond acceptors (Lipinski definition) is 3. The van der Waals surface area contributed by atoms with Crippen LogP contribution in [-0.4, -0.2) is 28.6 Å². The summed E-state index contributed by atoms with van der Waals surface area (Å²) in [5, 5.41) is 11.4. The van der Waals surface area contributed by atoms with E-state index in [0.29, 0.717) is 5.92 Å². The molecule has 2 unspecified atom stereocenters. The topological polar surface area (TPSA) is 42.7 Å². The van der Waals surface area contributed by atoms with Crippen LogP contribution in [0.3, 0.4) is 0 Å². The van der Waals surface area contributed by atoms with E-state index in [1.807, 2.05) is 25.0 Å². The van der Waals surface area contributed by atoms with Crippen LogP contribution in [0.25, 0.3) is 0 Å². The maximum atomic E-state index is 4.06. The number of aromatic nitrogens is 3. The van der Waals surface area contributed by atoms with Crippen LogP contribution in [0.1, 0.15) is 43.7 Å². The maximum absolute atomic E-state index is 4.06. The number of rotatable bonds is 3. The van der Waals surface area contributed by atoms with E-state index in [1.54, 1.807) is 0 Å². The molecule has 2 atom stereocenters. The molecule has 0 aliphatic heterocycles. The Hall–Kier alpha value is -0.900. The Labute approximate surface area is 97.4 Å². The Bertz CT molecular complexity index is 321. The summed E-state index contributed by atoms with van der Waals surface area (Å²) in [6.45, 7) is 1.11. The molecule has 1 fully saturated rings. The number of aryl methyl sites for hydroxylation is 1. The van der Waals surface area contributed by atoms with Crippen LogP contribution in [0, 0.1) is 5.92 Å². The van der Waals surface area contributed by atoms with Crippen molar-refractivity contribution in [2.45, 2.75) is 38.0 Å². The van der Waals surface area contributed by atoms with Gasteiger partial charge in [-0.2, -0.15) is 0 Å². The minimum atomic E-state index is 0.634. The fourth-order valence-electron chi connectivity index (χ4n) is 2.91. The van der Waals surface area contributed by atoms with E-state index < -0.39 is 0 Å². The lowest BCUT2D eigenvalue weighted by Crippen LogP contribution is -2.25. The van der Waals surface area contributed by atoms with Crippen LogP contribution in [0.4, 0.5) is 0 Å². The molecule has 0 spiro atoms. The van der Waals surface area contributed by atoms with E-state index in [0.717, 1.165) is 12.5 Å². The fraction of sp³-hybridized carbons (Fsp3) is 0.833. The molecule has 0 aromatic carbocycles. The first-order chi connectivity index (χ1) is 7.83. The van der Waals surface area contributed by atoms with Crippen molar-refractivity contribution < 1.29 is 0 Å². The summed E-state index contributed by atoms with van der Waals surface area (Å²) in [7, 11) is 4.05. The monoisotopic (exact) mass is 222 g/mol. The van der Waals surface area contributed by atoms with Gasteiger partial charge in [-0.25, -0.2) is 0 Å². The van der Waals surface area contributed by atoms with Crippen LogP contribution in [0.2, 0.25) is 0 Å². The number of nitrogens with one attached hydrogen (secondary N) is 1. The van der Waals surface area contributed by atoms with Gasteiger partial charge in [-0.1, -0.05) is 24.5 Å². The third kappa shape index (κ3) is 2.43. The summed E-state index contributed by atoms with van der Waals surface area (Å²) in [5.41, 5.74) is 1.31. The van der Waals surface area contributed by atoms with Gasteiger partial charge in [-0.15, -0.1) is 5.10 Å². The summed E-state index contributed by atoms with van der Waals surface area (Å²) in [6, 6.07) is 0.